The monoisotopic (exact) mass is 264 g/mol. The molecule has 1 aliphatic rings. The number of nitriles is 1. The van der Waals surface area contributed by atoms with Crippen LogP contribution in [-0.2, 0) is 16.4 Å². The van der Waals surface area contributed by atoms with Crippen LogP contribution >= 0.6 is 0 Å². The van der Waals surface area contributed by atoms with E-state index in [4.69, 9.17) is 5.26 Å². The summed E-state index contributed by atoms with van der Waals surface area (Å²) >= 11 is 0. The van der Waals surface area contributed by atoms with Crippen LogP contribution in [-0.4, -0.2) is 37.9 Å². The Bertz CT molecular complexity index is 575. The molecular formula is C13H16N2O2S. The first-order valence-corrected chi connectivity index (χ1v) is 7.72. The molecule has 4 nitrogen and oxygen atoms in total. The van der Waals surface area contributed by atoms with Gasteiger partial charge in [0, 0.05) is 12.6 Å². The zero-order valence-corrected chi connectivity index (χ0v) is 11.2. The van der Waals surface area contributed by atoms with Gasteiger partial charge in [-0.2, -0.15) is 5.26 Å². The van der Waals surface area contributed by atoms with Crippen LogP contribution in [0.15, 0.2) is 24.3 Å². The van der Waals surface area contributed by atoms with Gasteiger partial charge in [-0.1, -0.05) is 12.1 Å². The molecule has 18 heavy (non-hydrogen) atoms. The highest BCUT2D eigenvalue weighted by molar-refractivity contribution is 7.91. The Hall–Kier alpha value is -1.38. The Morgan fingerprint density at radius 1 is 1.50 bits per heavy atom. The average Bonchev–Trinajstić information content (AvgIpc) is 2.70. The molecule has 1 atom stereocenters. The van der Waals surface area contributed by atoms with Crippen LogP contribution in [0.5, 0.6) is 0 Å². The number of rotatable bonds is 3. The predicted octanol–water partition coefficient (Wildman–Crippen LogP) is 1.18. The molecule has 0 spiro atoms. The van der Waals surface area contributed by atoms with Crippen molar-refractivity contribution >= 4 is 9.84 Å². The molecule has 2 rings (SSSR count). The summed E-state index contributed by atoms with van der Waals surface area (Å²) in [6.07, 6.45) is 0.705. The Labute approximate surface area is 108 Å². The third-order valence-corrected chi connectivity index (χ3v) is 5.07. The van der Waals surface area contributed by atoms with Crippen molar-refractivity contribution in [2.24, 2.45) is 0 Å². The topological polar surface area (TPSA) is 61.2 Å². The second-order valence-corrected chi connectivity index (χ2v) is 7.01. The first-order valence-electron chi connectivity index (χ1n) is 5.90. The van der Waals surface area contributed by atoms with E-state index in [0.29, 0.717) is 24.3 Å². The van der Waals surface area contributed by atoms with Crippen molar-refractivity contribution in [1.82, 2.24) is 4.90 Å². The van der Waals surface area contributed by atoms with Gasteiger partial charge in [-0.25, -0.2) is 8.42 Å². The highest BCUT2D eigenvalue weighted by Crippen LogP contribution is 2.18. The molecule has 1 aliphatic heterocycles. The van der Waals surface area contributed by atoms with E-state index in [1.807, 2.05) is 25.2 Å². The molecule has 0 aliphatic carbocycles. The van der Waals surface area contributed by atoms with Gasteiger partial charge >= 0.3 is 0 Å². The predicted molar refractivity (Wildman–Crippen MR) is 69.7 cm³/mol. The smallest absolute Gasteiger partial charge is 0.151 e. The Balaban J connectivity index is 2.03. The maximum atomic E-state index is 11.4. The lowest BCUT2D eigenvalue weighted by atomic mass is 10.1. The summed E-state index contributed by atoms with van der Waals surface area (Å²) in [5.41, 5.74) is 1.68. The van der Waals surface area contributed by atoms with Crippen LogP contribution in [0.2, 0.25) is 0 Å². The largest absolute Gasteiger partial charge is 0.298 e. The first kappa shape index (κ1) is 13.1. The van der Waals surface area contributed by atoms with Crippen LogP contribution in [0.3, 0.4) is 0 Å². The normalized spacial score (nSPS) is 21.9. The molecular weight excluding hydrogens is 248 g/mol. The van der Waals surface area contributed by atoms with E-state index in [0.717, 1.165) is 5.56 Å². The molecule has 1 unspecified atom stereocenters. The molecule has 0 radical (unpaired) electrons. The van der Waals surface area contributed by atoms with E-state index < -0.39 is 9.84 Å². The molecule has 1 fully saturated rings. The lowest BCUT2D eigenvalue weighted by Crippen LogP contribution is -2.32. The highest BCUT2D eigenvalue weighted by Gasteiger charge is 2.30. The third-order valence-electron chi connectivity index (χ3n) is 3.32. The summed E-state index contributed by atoms with van der Waals surface area (Å²) in [6.45, 7) is 0.676. The lowest BCUT2D eigenvalue weighted by molar-refractivity contribution is 0.254. The van der Waals surface area contributed by atoms with Crippen LogP contribution < -0.4 is 0 Å². The number of benzene rings is 1. The molecule has 5 heteroatoms. The van der Waals surface area contributed by atoms with Crippen LogP contribution in [0.25, 0.3) is 0 Å². The quantitative estimate of drug-likeness (QED) is 0.822. The van der Waals surface area contributed by atoms with Gasteiger partial charge in [0.05, 0.1) is 23.1 Å². The van der Waals surface area contributed by atoms with E-state index in [1.165, 1.54) is 0 Å². The SMILES string of the molecule is CN(Cc1cccc(C#N)c1)C1CCS(=O)(=O)C1. The summed E-state index contributed by atoms with van der Waals surface area (Å²) in [5.74, 6) is 0.543. The molecule has 0 N–H and O–H groups in total. The van der Waals surface area contributed by atoms with Gasteiger partial charge in [0.2, 0.25) is 0 Å². The number of hydrogen-bond acceptors (Lipinski definition) is 4. The van der Waals surface area contributed by atoms with Crippen molar-refractivity contribution in [3.05, 3.63) is 35.4 Å². The minimum atomic E-state index is -2.84. The fraction of sp³-hybridized carbons (Fsp3) is 0.462. The van der Waals surface area contributed by atoms with Gasteiger partial charge in [-0.3, -0.25) is 4.90 Å². The number of hydrogen-bond donors (Lipinski definition) is 0. The molecule has 0 aromatic heterocycles. The second kappa shape index (κ2) is 5.09. The fourth-order valence-corrected chi connectivity index (χ4v) is 4.08. The first-order chi connectivity index (χ1) is 8.50. The van der Waals surface area contributed by atoms with Crippen LogP contribution in [0, 0.1) is 11.3 Å². The molecule has 1 heterocycles. The van der Waals surface area contributed by atoms with Gasteiger partial charge in [0.25, 0.3) is 0 Å². The minimum absolute atomic E-state index is 0.0979. The van der Waals surface area contributed by atoms with Crippen molar-refractivity contribution < 1.29 is 8.42 Å². The van der Waals surface area contributed by atoms with Gasteiger partial charge in [-0.05, 0) is 31.2 Å². The van der Waals surface area contributed by atoms with Crippen molar-refractivity contribution in [2.75, 3.05) is 18.6 Å². The Morgan fingerprint density at radius 2 is 2.28 bits per heavy atom. The molecule has 0 saturated carbocycles. The minimum Gasteiger partial charge on any atom is -0.298 e. The summed E-state index contributed by atoms with van der Waals surface area (Å²) in [5, 5.41) is 8.83. The summed E-state index contributed by atoms with van der Waals surface area (Å²) in [6, 6.07) is 9.63. The van der Waals surface area contributed by atoms with Crippen molar-refractivity contribution in [3.63, 3.8) is 0 Å². The number of nitrogens with zero attached hydrogens (tertiary/aromatic N) is 2. The lowest BCUT2D eigenvalue weighted by Gasteiger charge is -2.23. The summed E-state index contributed by atoms with van der Waals surface area (Å²) in [4.78, 5) is 2.06. The molecule has 96 valence electrons. The van der Waals surface area contributed by atoms with Gasteiger partial charge < -0.3 is 0 Å². The van der Waals surface area contributed by atoms with Gasteiger partial charge in [0.15, 0.2) is 9.84 Å². The second-order valence-electron chi connectivity index (χ2n) is 4.78. The van der Waals surface area contributed by atoms with Gasteiger partial charge in [0.1, 0.15) is 0 Å². The zero-order valence-electron chi connectivity index (χ0n) is 10.3. The third kappa shape index (κ3) is 3.09. The van der Waals surface area contributed by atoms with E-state index in [-0.39, 0.29) is 11.8 Å². The van der Waals surface area contributed by atoms with Crippen molar-refractivity contribution in [1.29, 1.82) is 5.26 Å². The van der Waals surface area contributed by atoms with E-state index in [1.54, 1.807) is 6.07 Å². The van der Waals surface area contributed by atoms with Gasteiger partial charge in [-0.15, -0.1) is 0 Å². The molecule has 0 amide bonds. The fourth-order valence-electron chi connectivity index (χ4n) is 2.28. The summed E-state index contributed by atoms with van der Waals surface area (Å²) in [7, 11) is -0.905. The molecule has 0 bridgehead atoms. The highest BCUT2D eigenvalue weighted by atomic mass is 32.2. The van der Waals surface area contributed by atoms with E-state index in [9.17, 15) is 8.42 Å². The summed E-state index contributed by atoms with van der Waals surface area (Å²) < 4.78 is 22.9. The Kier molecular flexibility index (Phi) is 3.69. The average molecular weight is 264 g/mol. The number of sulfone groups is 1. The maximum Gasteiger partial charge on any atom is 0.151 e. The maximum absolute atomic E-state index is 11.4. The van der Waals surface area contributed by atoms with E-state index >= 15 is 0 Å². The van der Waals surface area contributed by atoms with E-state index in [2.05, 4.69) is 11.0 Å². The molecule has 1 saturated heterocycles. The van der Waals surface area contributed by atoms with Crippen LogP contribution in [0.1, 0.15) is 17.5 Å². The zero-order chi connectivity index (χ0) is 13.2. The van der Waals surface area contributed by atoms with Crippen molar-refractivity contribution in [3.8, 4) is 6.07 Å². The molecule has 1 aromatic carbocycles. The van der Waals surface area contributed by atoms with Crippen molar-refractivity contribution in [2.45, 2.75) is 19.0 Å². The van der Waals surface area contributed by atoms with Crippen LogP contribution in [0.4, 0.5) is 0 Å². The standard InChI is InChI=1S/C13H16N2O2S/c1-15(13-5-6-18(16,17)10-13)9-12-4-2-3-11(7-12)8-14/h2-4,7,13H,5-6,9-10H2,1H3. The Morgan fingerprint density at radius 3 is 2.89 bits per heavy atom. The molecule has 1 aromatic rings.